The monoisotopic (exact) mass is 662 g/mol. The number of hydrogen-bond donors (Lipinski definition) is 1. The number of esters is 1. The molecule has 48 heavy (non-hydrogen) atoms. The summed E-state index contributed by atoms with van der Waals surface area (Å²) in [5, 5.41) is 1.11. The van der Waals surface area contributed by atoms with Gasteiger partial charge in [0, 0.05) is 29.9 Å². The summed E-state index contributed by atoms with van der Waals surface area (Å²) in [6.45, 7) is 2.46. The maximum Gasteiger partial charge on any atom is 0.389 e. The molecule has 6 nitrogen and oxygen atoms in total. The second kappa shape index (κ2) is 18.8. The Kier molecular flexibility index (Phi) is 14.2. The van der Waals surface area contributed by atoms with E-state index in [0.717, 1.165) is 60.9 Å². The minimum atomic E-state index is -4.04. The van der Waals surface area contributed by atoms with Gasteiger partial charge in [0.2, 0.25) is 0 Å². The molecule has 0 bridgehead atoms. The number of pyridine rings is 1. The molecule has 2 unspecified atom stereocenters. The molecule has 9 heteroatoms. The van der Waals surface area contributed by atoms with E-state index in [-0.39, 0.29) is 24.7 Å². The third-order valence-electron chi connectivity index (χ3n) is 8.27. The molecule has 0 saturated carbocycles. The van der Waals surface area contributed by atoms with Crippen LogP contribution in [0.1, 0.15) is 93.5 Å². The Balaban J connectivity index is 1.31. The minimum Gasteiger partial charge on any atom is -0.493 e. The molecule has 0 saturated heterocycles. The van der Waals surface area contributed by atoms with Gasteiger partial charge in [0.15, 0.2) is 0 Å². The fraction of sp³-hybridized carbons (Fsp3) is 0.436. The summed E-state index contributed by atoms with van der Waals surface area (Å²) in [6, 6.07) is 22.0. The van der Waals surface area contributed by atoms with E-state index in [1.807, 2.05) is 36.4 Å². The van der Waals surface area contributed by atoms with Gasteiger partial charge in [-0.15, -0.1) is 5.92 Å². The first kappa shape index (κ1) is 36.4. The third kappa shape index (κ3) is 12.3. The zero-order valence-corrected chi connectivity index (χ0v) is 27.8. The first-order valence-electron chi connectivity index (χ1n) is 16.7. The molecule has 4 rings (SSSR count). The van der Waals surface area contributed by atoms with Gasteiger partial charge in [-0.3, -0.25) is 9.78 Å². The van der Waals surface area contributed by atoms with E-state index in [2.05, 4.69) is 46.1 Å². The van der Waals surface area contributed by atoms with Crippen molar-refractivity contribution >= 4 is 16.9 Å². The number of nitrogens with zero attached hydrogens (tertiary/aromatic N) is 1. The summed E-state index contributed by atoms with van der Waals surface area (Å²) >= 11 is 0. The maximum absolute atomic E-state index is 12.2. The number of para-hydroxylation sites is 1. The van der Waals surface area contributed by atoms with Gasteiger partial charge < -0.3 is 19.2 Å². The van der Waals surface area contributed by atoms with Crippen LogP contribution in [0.5, 0.6) is 11.5 Å². The van der Waals surface area contributed by atoms with Crippen molar-refractivity contribution < 1.29 is 32.2 Å². The average Bonchev–Trinajstić information content (AvgIpc) is 3.52. The molecule has 2 heterocycles. The lowest BCUT2D eigenvalue weighted by Gasteiger charge is -2.18. The van der Waals surface area contributed by atoms with Gasteiger partial charge in [-0.05, 0) is 67.5 Å². The number of rotatable bonds is 19. The van der Waals surface area contributed by atoms with Crippen LogP contribution < -0.4 is 9.47 Å². The van der Waals surface area contributed by atoms with E-state index < -0.39 is 18.5 Å². The van der Waals surface area contributed by atoms with Crippen LogP contribution in [0.2, 0.25) is 0 Å². The number of carbonyl (C=O) groups excluding carboxylic acids is 1. The Labute approximate surface area is 281 Å². The smallest absolute Gasteiger partial charge is 0.389 e. The second-order valence-corrected chi connectivity index (χ2v) is 12.0. The Morgan fingerprint density at radius 3 is 2.25 bits per heavy atom. The number of aryl methyl sites for hydroxylation is 1. The summed E-state index contributed by atoms with van der Waals surface area (Å²) in [4.78, 5) is 19.9. The molecule has 256 valence electrons. The van der Waals surface area contributed by atoms with E-state index in [1.165, 1.54) is 12.7 Å². The molecule has 0 aliphatic carbocycles. The second-order valence-electron chi connectivity index (χ2n) is 12.0. The summed E-state index contributed by atoms with van der Waals surface area (Å²) < 4.78 is 54.1. The first-order valence-corrected chi connectivity index (χ1v) is 16.7. The number of unbranched alkanes of at least 4 members (excludes halogenated alkanes) is 6. The van der Waals surface area contributed by atoms with Crippen molar-refractivity contribution in [2.75, 3.05) is 20.3 Å². The summed E-state index contributed by atoms with van der Waals surface area (Å²) in [5.41, 5.74) is 3.92. The number of methoxy groups -OCH3 is 1. The Morgan fingerprint density at radius 1 is 0.875 bits per heavy atom. The predicted molar refractivity (Wildman–Crippen MR) is 182 cm³/mol. The standard InChI is InChI=1S/C39H45F3N2O4/c1-3-13-30(25-38(45)46-2)36-26-34(21-23-43-36)48-28-32(37-24-31-15-10-11-16-35(31)44-37)27-47-33-19-17-29(18-20-33)14-9-7-5-4-6-8-12-22-39(40,41)42/h10-11,15-21,23-24,26,30,32,44H,4-9,12,14,22,25,27-28H2,1-2H3. The normalized spacial score (nSPS) is 12.6. The highest BCUT2D eigenvalue weighted by Gasteiger charge is 2.25. The number of ether oxygens (including phenoxy) is 3. The van der Waals surface area contributed by atoms with Gasteiger partial charge in [-0.1, -0.05) is 68.4 Å². The molecule has 4 aromatic rings. The summed E-state index contributed by atoms with van der Waals surface area (Å²) in [7, 11) is 1.36. The van der Waals surface area contributed by atoms with E-state index in [9.17, 15) is 18.0 Å². The predicted octanol–water partition coefficient (Wildman–Crippen LogP) is 9.70. The molecule has 0 aliphatic heterocycles. The number of benzene rings is 2. The minimum absolute atomic E-state index is 0.106. The van der Waals surface area contributed by atoms with Crippen molar-refractivity contribution in [1.82, 2.24) is 9.97 Å². The molecule has 2 aromatic heterocycles. The van der Waals surface area contributed by atoms with Gasteiger partial charge >= 0.3 is 12.1 Å². The maximum atomic E-state index is 12.2. The van der Waals surface area contributed by atoms with Crippen molar-refractivity contribution in [3.8, 4) is 23.3 Å². The highest BCUT2D eigenvalue weighted by Crippen LogP contribution is 2.27. The third-order valence-corrected chi connectivity index (χ3v) is 8.27. The molecular formula is C39H45F3N2O4. The number of H-pyrrole nitrogens is 1. The van der Waals surface area contributed by atoms with Crippen LogP contribution in [0, 0.1) is 11.8 Å². The lowest BCUT2D eigenvalue weighted by atomic mass is 10.0. The largest absolute Gasteiger partial charge is 0.493 e. The number of fused-ring (bicyclic) bond motifs is 1. The molecule has 0 aliphatic rings. The van der Waals surface area contributed by atoms with Crippen LogP contribution in [0.25, 0.3) is 10.9 Å². The fourth-order valence-electron chi connectivity index (χ4n) is 5.59. The van der Waals surface area contributed by atoms with Gasteiger partial charge in [-0.25, -0.2) is 0 Å². The quantitative estimate of drug-likeness (QED) is 0.0615. The topological polar surface area (TPSA) is 73.4 Å². The molecule has 0 radical (unpaired) electrons. The van der Waals surface area contributed by atoms with E-state index in [1.54, 1.807) is 19.2 Å². The van der Waals surface area contributed by atoms with E-state index in [0.29, 0.717) is 31.1 Å². The average molecular weight is 663 g/mol. The van der Waals surface area contributed by atoms with Crippen LogP contribution >= 0.6 is 0 Å². The van der Waals surface area contributed by atoms with E-state index in [4.69, 9.17) is 14.2 Å². The highest BCUT2D eigenvalue weighted by molar-refractivity contribution is 5.80. The van der Waals surface area contributed by atoms with Crippen LogP contribution in [0.3, 0.4) is 0 Å². The number of aromatic amines is 1. The fourth-order valence-corrected chi connectivity index (χ4v) is 5.59. The molecule has 2 aromatic carbocycles. The van der Waals surface area contributed by atoms with Gasteiger partial charge in [0.05, 0.1) is 44.3 Å². The molecule has 0 amide bonds. The summed E-state index contributed by atoms with van der Waals surface area (Å²) in [6.07, 6.45) is 3.90. The number of carbonyl (C=O) groups is 1. The number of hydrogen-bond acceptors (Lipinski definition) is 5. The number of alkyl halides is 3. The molecule has 1 N–H and O–H groups in total. The van der Waals surface area contributed by atoms with Gasteiger partial charge in [0.25, 0.3) is 0 Å². The van der Waals surface area contributed by atoms with Crippen molar-refractivity contribution in [1.29, 1.82) is 0 Å². The summed E-state index contributed by atoms with van der Waals surface area (Å²) in [5.74, 6) is 6.46. The first-order chi connectivity index (χ1) is 23.2. The van der Waals surface area contributed by atoms with Gasteiger partial charge in [0.1, 0.15) is 11.5 Å². The van der Waals surface area contributed by atoms with Crippen molar-refractivity contribution in [2.24, 2.45) is 0 Å². The number of aromatic nitrogens is 2. The zero-order valence-electron chi connectivity index (χ0n) is 27.8. The lowest BCUT2D eigenvalue weighted by molar-refractivity contribution is -0.140. The van der Waals surface area contributed by atoms with Crippen LogP contribution in [-0.4, -0.2) is 42.4 Å². The highest BCUT2D eigenvalue weighted by atomic mass is 19.4. The van der Waals surface area contributed by atoms with Crippen LogP contribution in [0.4, 0.5) is 13.2 Å². The number of halogens is 3. The van der Waals surface area contributed by atoms with Crippen LogP contribution in [-0.2, 0) is 16.0 Å². The Bertz CT molecular complexity index is 1590. The van der Waals surface area contributed by atoms with Crippen LogP contribution in [0.15, 0.2) is 72.9 Å². The SMILES string of the molecule is CC#CC(CC(=O)OC)c1cc(OCC(COc2ccc(CCCCCCCCCC(F)(F)F)cc2)c2cc3ccccc3[nH]2)ccn1. The van der Waals surface area contributed by atoms with E-state index >= 15 is 0 Å². The zero-order chi connectivity index (χ0) is 34.2. The Hall–Kier alpha value is -4.45. The lowest BCUT2D eigenvalue weighted by Crippen LogP contribution is -2.18. The molecular weight excluding hydrogens is 617 g/mol. The molecule has 0 fully saturated rings. The molecule has 0 spiro atoms. The van der Waals surface area contributed by atoms with Crippen molar-refractivity contribution in [3.63, 3.8) is 0 Å². The molecule has 2 atom stereocenters. The Morgan fingerprint density at radius 2 is 1.56 bits per heavy atom. The number of nitrogens with one attached hydrogen (secondary N) is 1. The van der Waals surface area contributed by atoms with Crippen molar-refractivity contribution in [2.45, 2.75) is 89.1 Å². The van der Waals surface area contributed by atoms with Crippen molar-refractivity contribution in [3.05, 3.63) is 89.9 Å². The van der Waals surface area contributed by atoms with Gasteiger partial charge in [-0.2, -0.15) is 13.2 Å².